The fourth-order valence-electron chi connectivity index (χ4n) is 3.08. The number of alkyl halides is 3. The van der Waals surface area contributed by atoms with Crippen LogP contribution in [0.2, 0.25) is 0 Å². The Labute approximate surface area is 177 Å². The van der Waals surface area contributed by atoms with Crippen molar-refractivity contribution in [2.75, 3.05) is 17.2 Å². The number of carbonyl (C=O) groups excluding carboxylic acids is 2. The largest absolute Gasteiger partial charge is 0.493 e. The van der Waals surface area contributed by atoms with Crippen LogP contribution >= 0.6 is 0 Å². The summed E-state index contributed by atoms with van der Waals surface area (Å²) < 4.78 is 50.0. The third-order valence-electron chi connectivity index (χ3n) is 4.38. The summed E-state index contributed by atoms with van der Waals surface area (Å²) in [5.41, 5.74) is -0.233. The fraction of sp³-hybridized carbons (Fsp3) is 0.364. The molecule has 0 radical (unpaired) electrons. The molecule has 3 rings (SSSR count). The van der Waals surface area contributed by atoms with E-state index in [0.717, 1.165) is 35.9 Å². The molecule has 166 valence electrons. The summed E-state index contributed by atoms with van der Waals surface area (Å²) in [4.78, 5) is 24.6. The number of fused-ring (bicyclic) bond motifs is 1. The second-order valence-corrected chi connectivity index (χ2v) is 8.15. The highest BCUT2D eigenvalue weighted by atomic mass is 19.4. The van der Waals surface area contributed by atoms with Gasteiger partial charge in [0, 0.05) is 6.42 Å². The molecule has 1 aliphatic heterocycles. The lowest BCUT2D eigenvalue weighted by atomic mass is 10.1. The van der Waals surface area contributed by atoms with Gasteiger partial charge in [0.25, 0.3) is 0 Å². The van der Waals surface area contributed by atoms with E-state index >= 15 is 0 Å². The first-order valence-electron chi connectivity index (χ1n) is 9.66. The normalized spacial score (nSPS) is 13.2. The maximum absolute atomic E-state index is 13.2. The number of carbonyl (C=O) groups is 2. The highest BCUT2D eigenvalue weighted by molar-refractivity contribution is 5.98. The monoisotopic (exact) mass is 436 g/mol. The zero-order valence-corrected chi connectivity index (χ0v) is 17.4. The molecular weight excluding hydrogens is 413 g/mol. The Morgan fingerprint density at radius 3 is 2.45 bits per heavy atom. The van der Waals surface area contributed by atoms with Crippen molar-refractivity contribution in [1.82, 2.24) is 0 Å². The van der Waals surface area contributed by atoms with Crippen LogP contribution in [0.4, 0.5) is 29.3 Å². The van der Waals surface area contributed by atoms with E-state index in [9.17, 15) is 22.8 Å². The molecule has 31 heavy (non-hydrogen) atoms. The number of amides is 2. The number of nitrogens with one attached hydrogen (secondary N) is 2. The smallest absolute Gasteiger partial charge is 0.416 e. The van der Waals surface area contributed by atoms with Crippen molar-refractivity contribution in [3.63, 3.8) is 0 Å². The molecule has 9 heteroatoms. The zero-order valence-electron chi connectivity index (χ0n) is 17.4. The van der Waals surface area contributed by atoms with Gasteiger partial charge in [0.1, 0.15) is 11.4 Å². The zero-order chi connectivity index (χ0) is 22.8. The molecule has 2 aromatic rings. The van der Waals surface area contributed by atoms with Crippen LogP contribution in [-0.2, 0) is 28.5 Å². The van der Waals surface area contributed by atoms with Crippen molar-refractivity contribution in [3.8, 4) is 5.75 Å². The second kappa shape index (κ2) is 8.49. The lowest BCUT2D eigenvalue weighted by Crippen LogP contribution is -2.27. The highest BCUT2D eigenvalue weighted by Crippen LogP contribution is 2.34. The predicted octanol–water partition coefficient (Wildman–Crippen LogP) is 5.17. The summed E-state index contributed by atoms with van der Waals surface area (Å²) in [5, 5.41) is 4.86. The average Bonchev–Trinajstić information content (AvgIpc) is 3.08. The van der Waals surface area contributed by atoms with Gasteiger partial charge in [0.15, 0.2) is 0 Å². The molecule has 2 amide bonds. The third kappa shape index (κ3) is 6.13. The van der Waals surface area contributed by atoms with Crippen molar-refractivity contribution in [3.05, 3.63) is 53.1 Å². The van der Waals surface area contributed by atoms with Gasteiger partial charge in [-0.05, 0) is 56.2 Å². The molecule has 2 N–H and O–H groups in total. The van der Waals surface area contributed by atoms with Crippen LogP contribution in [0.3, 0.4) is 0 Å². The van der Waals surface area contributed by atoms with Gasteiger partial charge in [-0.3, -0.25) is 10.1 Å². The Hall–Kier alpha value is -3.23. The van der Waals surface area contributed by atoms with Gasteiger partial charge in [0.05, 0.1) is 30.0 Å². The number of hydrogen-bond donors (Lipinski definition) is 2. The van der Waals surface area contributed by atoms with E-state index in [4.69, 9.17) is 9.47 Å². The average molecular weight is 436 g/mol. The van der Waals surface area contributed by atoms with Gasteiger partial charge in [-0.15, -0.1) is 0 Å². The first-order valence-corrected chi connectivity index (χ1v) is 9.66. The number of ether oxygens (including phenoxy) is 2. The maximum atomic E-state index is 13.2. The van der Waals surface area contributed by atoms with Crippen molar-refractivity contribution < 1.29 is 32.2 Å². The molecule has 0 bridgehead atoms. The third-order valence-corrected chi connectivity index (χ3v) is 4.38. The Bertz CT molecular complexity index is 997. The molecule has 0 atom stereocenters. The fourth-order valence-corrected chi connectivity index (χ4v) is 3.08. The Balaban J connectivity index is 1.79. The van der Waals surface area contributed by atoms with Crippen molar-refractivity contribution in [1.29, 1.82) is 0 Å². The molecule has 0 aliphatic carbocycles. The van der Waals surface area contributed by atoms with Crippen LogP contribution in [0.15, 0.2) is 36.4 Å². The van der Waals surface area contributed by atoms with Gasteiger partial charge in [-0.2, -0.15) is 13.2 Å². The maximum Gasteiger partial charge on any atom is 0.416 e. The molecule has 0 aromatic heterocycles. The van der Waals surface area contributed by atoms with Gasteiger partial charge in [0.2, 0.25) is 5.91 Å². The summed E-state index contributed by atoms with van der Waals surface area (Å²) in [5.74, 6) is 0.247. The van der Waals surface area contributed by atoms with Gasteiger partial charge in [-0.1, -0.05) is 12.1 Å². The Morgan fingerprint density at radius 1 is 1.03 bits per heavy atom. The first-order chi connectivity index (χ1) is 14.4. The molecule has 0 fully saturated rings. The van der Waals surface area contributed by atoms with Gasteiger partial charge < -0.3 is 14.8 Å². The molecule has 1 aliphatic rings. The quantitative estimate of drug-likeness (QED) is 0.694. The van der Waals surface area contributed by atoms with Crippen LogP contribution in [0.5, 0.6) is 5.75 Å². The van der Waals surface area contributed by atoms with Crippen LogP contribution in [0.1, 0.15) is 37.5 Å². The van der Waals surface area contributed by atoms with E-state index in [0.29, 0.717) is 12.2 Å². The van der Waals surface area contributed by atoms with E-state index in [1.807, 2.05) is 6.07 Å². The van der Waals surface area contributed by atoms with Crippen molar-refractivity contribution in [2.24, 2.45) is 0 Å². The minimum absolute atomic E-state index is 0.00190. The number of anilines is 2. The number of hydrogen-bond acceptors (Lipinski definition) is 4. The van der Waals surface area contributed by atoms with Gasteiger partial charge in [-0.25, -0.2) is 4.79 Å². The molecule has 1 heterocycles. The van der Waals surface area contributed by atoms with Crippen molar-refractivity contribution in [2.45, 2.75) is 45.4 Å². The summed E-state index contributed by atoms with van der Waals surface area (Å²) >= 11 is 0. The molecule has 0 unspecified atom stereocenters. The lowest BCUT2D eigenvalue weighted by Gasteiger charge is -2.21. The summed E-state index contributed by atoms with van der Waals surface area (Å²) in [7, 11) is 0. The van der Waals surface area contributed by atoms with Crippen LogP contribution in [0.25, 0.3) is 0 Å². The Morgan fingerprint density at radius 2 is 1.77 bits per heavy atom. The highest BCUT2D eigenvalue weighted by Gasteiger charge is 2.31. The summed E-state index contributed by atoms with van der Waals surface area (Å²) in [6.45, 7) is 5.55. The van der Waals surface area contributed by atoms with Crippen molar-refractivity contribution >= 4 is 23.4 Å². The van der Waals surface area contributed by atoms with E-state index < -0.39 is 29.3 Å². The van der Waals surface area contributed by atoms with E-state index in [2.05, 4.69) is 10.6 Å². The molecule has 0 saturated carbocycles. The number of rotatable bonds is 4. The van der Waals surface area contributed by atoms with E-state index in [1.54, 1.807) is 32.9 Å². The summed E-state index contributed by atoms with van der Waals surface area (Å²) in [6.07, 6.45) is -4.76. The molecular formula is C22H23F3N2O4. The van der Waals surface area contributed by atoms with Crippen LogP contribution in [-0.4, -0.2) is 24.2 Å². The Kier molecular flexibility index (Phi) is 6.15. The predicted molar refractivity (Wildman–Crippen MR) is 109 cm³/mol. The minimum atomic E-state index is -4.61. The van der Waals surface area contributed by atoms with E-state index in [-0.39, 0.29) is 17.8 Å². The van der Waals surface area contributed by atoms with Gasteiger partial charge >= 0.3 is 12.3 Å². The van der Waals surface area contributed by atoms with Crippen LogP contribution < -0.4 is 15.4 Å². The van der Waals surface area contributed by atoms with Crippen LogP contribution in [0, 0.1) is 0 Å². The standard InChI is InChI=1S/C22H23F3N2O4/c1-21(2,3)31-20(29)27-16-6-5-15(22(23,24)25)12-17(16)26-19(28)11-13-4-7-18-14(10-13)8-9-30-18/h4-7,10,12H,8-9,11H2,1-3H3,(H,26,28)(H,27,29). The molecule has 6 nitrogen and oxygen atoms in total. The number of benzene rings is 2. The molecule has 0 saturated heterocycles. The molecule has 0 spiro atoms. The molecule has 2 aromatic carbocycles. The summed E-state index contributed by atoms with van der Waals surface area (Å²) in [6, 6.07) is 8.02. The minimum Gasteiger partial charge on any atom is -0.493 e. The number of halogens is 3. The SMILES string of the molecule is CC(C)(C)OC(=O)Nc1ccc(C(F)(F)F)cc1NC(=O)Cc1ccc2c(c1)CCO2. The van der Waals surface area contributed by atoms with E-state index in [1.165, 1.54) is 0 Å². The topological polar surface area (TPSA) is 76.7 Å². The second-order valence-electron chi connectivity index (χ2n) is 8.15. The first kappa shape index (κ1) is 22.5. The lowest BCUT2D eigenvalue weighted by molar-refractivity contribution is -0.137.